The summed E-state index contributed by atoms with van der Waals surface area (Å²) in [6, 6.07) is -2.02. The van der Waals surface area contributed by atoms with Crippen LogP contribution in [0.3, 0.4) is 0 Å². The van der Waals surface area contributed by atoms with E-state index in [1.54, 1.807) is 0 Å². The van der Waals surface area contributed by atoms with E-state index in [-0.39, 0.29) is 25.1 Å². The molecule has 0 aliphatic heterocycles. The van der Waals surface area contributed by atoms with E-state index in [1.165, 1.54) is 6.26 Å². The Morgan fingerprint density at radius 3 is 2.22 bits per heavy atom. The van der Waals surface area contributed by atoms with Crippen LogP contribution in [-0.4, -0.2) is 64.3 Å². The van der Waals surface area contributed by atoms with Crippen molar-refractivity contribution in [3.05, 3.63) is 0 Å². The summed E-state index contributed by atoms with van der Waals surface area (Å²) < 4.78 is 11.2. The van der Waals surface area contributed by atoms with Crippen LogP contribution in [-0.2, 0) is 25.2 Å². The number of carbonyl (C=O) groups is 3. The SMILES string of the molecule is CS(=O)CCC(NC(=O)CN)C(=O)NC(CCCCN)C(=O)O. The molecule has 0 aromatic carbocycles. The fourth-order valence-corrected chi connectivity index (χ4v) is 2.40. The third-order valence-corrected chi connectivity index (χ3v) is 3.90. The zero-order valence-electron chi connectivity index (χ0n) is 13.2. The van der Waals surface area contributed by atoms with Gasteiger partial charge in [0.1, 0.15) is 12.1 Å². The van der Waals surface area contributed by atoms with E-state index >= 15 is 0 Å². The van der Waals surface area contributed by atoms with E-state index < -0.39 is 40.7 Å². The van der Waals surface area contributed by atoms with Crippen molar-refractivity contribution in [2.75, 3.05) is 25.1 Å². The Morgan fingerprint density at radius 2 is 1.74 bits per heavy atom. The Labute approximate surface area is 138 Å². The summed E-state index contributed by atoms with van der Waals surface area (Å²) in [6.07, 6.45) is 3.08. The van der Waals surface area contributed by atoms with Gasteiger partial charge in [-0.1, -0.05) is 0 Å². The first-order valence-corrected chi connectivity index (χ1v) is 9.07. The van der Waals surface area contributed by atoms with Gasteiger partial charge in [-0.2, -0.15) is 0 Å². The lowest BCUT2D eigenvalue weighted by molar-refractivity contribution is -0.142. The summed E-state index contributed by atoms with van der Waals surface area (Å²) in [6.45, 7) is 0.148. The van der Waals surface area contributed by atoms with Gasteiger partial charge in [0.15, 0.2) is 0 Å². The quantitative estimate of drug-likeness (QED) is 0.251. The number of carboxylic acid groups (broad SMARTS) is 1. The van der Waals surface area contributed by atoms with E-state index in [0.717, 1.165) is 0 Å². The standard InChI is InChI=1S/C13H26N4O5S/c1-23(22)7-5-9(16-11(18)8-15)12(19)17-10(13(20)21)4-2-3-6-14/h9-10H,2-8,14-15H2,1H3,(H,16,18)(H,17,19)(H,20,21). The second-order valence-corrected chi connectivity index (χ2v) is 6.63. The summed E-state index contributed by atoms with van der Waals surface area (Å²) in [5.74, 6) is -2.12. The second kappa shape index (κ2) is 12.0. The summed E-state index contributed by atoms with van der Waals surface area (Å²) >= 11 is 0. The molecular formula is C13H26N4O5S. The average molecular weight is 350 g/mol. The van der Waals surface area contributed by atoms with Gasteiger partial charge in [0, 0.05) is 22.8 Å². The highest BCUT2D eigenvalue weighted by molar-refractivity contribution is 7.84. The lowest BCUT2D eigenvalue weighted by Gasteiger charge is -2.21. The predicted octanol–water partition coefficient (Wildman–Crippen LogP) is -2.10. The van der Waals surface area contributed by atoms with Crippen molar-refractivity contribution in [3.63, 3.8) is 0 Å². The third-order valence-electron chi connectivity index (χ3n) is 3.09. The highest BCUT2D eigenvalue weighted by Gasteiger charge is 2.26. The molecule has 2 amide bonds. The second-order valence-electron chi connectivity index (χ2n) is 5.07. The molecule has 0 rings (SSSR count). The highest BCUT2D eigenvalue weighted by atomic mass is 32.2. The number of hydrogen-bond acceptors (Lipinski definition) is 6. The van der Waals surface area contributed by atoms with Crippen molar-refractivity contribution in [3.8, 4) is 0 Å². The number of carboxylic acids is 1. The van der Waals surface area contributed by atoms with Crippen molar-refractivity contribution in [2.24, 2.45) is 11.5 Å². The number of nitrogens with two attached hydrogens (primary N) is 2. The number of aliphatic carboxylic acids is 1. The molecule has 134 valence electrons. The molecule has 0 saturated carbocycles. The first-order chi connectivity index (χ1) is 10.8. The molecule has 9 nitrogen and oxygen atoms in total. The fourth-order valence-electron chi connectivity index (χ4n) is 1.83. The van der Waals surface area contributed by atoms with Gasteiger partial charge in [0.2, 0.25) is 11.8 Å². The van der Waals surface area contributed by atoms with Crippen LogP contribution < -0.4 is 22.1 Å². The molecule has 3 unspecified atom stereocenters. The van der Waals surface area contributed by atoms with Gasteiger partial charge >= 0.3 is 5.97 Å². The van der Waals surface area contributed by atoms with Crippen LogP contribution in [0, 0.1) is 0 Å². The molecule has 0 heterocycles. The number of rotatable bonds is 12. The van der Waals surface area contributed by atoms with Crippen LogP contribution in [0.1, 0.15) is 25.7 Å². The maximum Gasteiger partial charge on any atom is 0.326 e. The molecule has 7 N–H and O–H groups in total. The van der Waals surface area contributed by atoms with E-state index in [9.17, 15) is 18.6 Å². The minimum Gasteiger partial charge on any atom is -0.480 e. The zero-order chi connectivity index (χ0) is 17.8. The van der Waals surface area contributed by atoms with Crippen LogP contribution >= 0.6 is 0 Å². The van der Waals surface area contributed by atoms with Crippen LogP contribution in [0.5, 0.6) is 0 Å². The first-order valence-electron chi connectivity index (χ1n) is 7.34. The van der Waals surface area contributed by atoms with Gasteiger partial charge in [-0.05, 0) is 32.2 Å². The monoisotopic (exact) mass is 350 g/mol. The number of nitrogens with one attached hydrogen (secondary N) is 2. The lowest BCUT2D eigenvalue weighted by Crippen LogP contribution is -2.53. The van der Waals surface area contributed by atoms with Crippen LogP contribution in [0.15, 0.2) is 0 Å². The predicted molar refractivity (Wildman–Crippen MR) is 87.0 cm³/mol. The van der Waals surface area contributed by atoms with Crippen molar-refractivity contribution >= 4 is 28.6 Å². The van der Waals surface area contributed by atoms with Crippen molar-refractivity contribution < 1.29 is 23.7 Å². The van der Waals surface area contributed by atoms with Gasteiger partial charge in [-0.3, -0.25) is 13.8 Å². The summed E-state index contributed by atoms with van der Waals surface area (Å²) in [5, 5.41) is 14.0. The van der Waals surface area contributed by atoms with Crippen LogP contribution in [0.4, 0.5) is 0 Å². The molecule has 0 bridgehead atoms. The molecular weight excluding hydrogens is 324 g/mol. The molecule has 0 radical (unpaired) electrons. The van der Waals surface area contributed by atoms with E-state index in [2.05, 4.69) is 10.6 Å². The molecule has 0 aliphatic carbocycles. The average Bonchev–Trinajstić information content (AvgIpc) is 2.49. The van der Waals surface area contributed by atoms with Gasteiger partial charge < -0.3 is 27.2 Å². The lowest BCUT2D eigenvalue weighted by atomic mass is 10.1. The Bertz CT molecular complexity index is 433. The maximum absolute atomic E-state index is 12.2. The largest absolute Gasteiger partial charge is 0.480 e. The number of hydrogen-bond donors (Lipinski definition) is 5. The summed E-state index contributed by atoms with van der Waals surface area (Å²) in [5.41, 5.74) is 10.6. The van der Waals surface area contributed by atoms with Crippen LogP contribution in [0.2, 0.25) is 0 Å². The third kappa shape index (κ3) is 9.97. The van der Waals surface area contributed by atoms with Gasteiger partial charge in [-0.25, -0.2) is 4.79 Å². The van der Waals surface area contributed by atoms with Crippen molar-refractivity contribution in [1.29, 1.82) is 0 Å². The topological polar surface area (TPSA) is 165 Å². The molecule has 0 spiro atoms. The van der Waals surface area contributed by atoms with Gasteiger partial charge in [0.05, 0.1) is 6.54 Å². The van der Waals surface area contributed by atoms with E-state index in [1.807, 2.05) is 0 Å². The highest BCUT2D eigenvalue weighted by Crippen LogP contribution is 2.03. The number of unbranched alkanes of at least 4 members (excludes halogenated alkanes) is 1. The molecule has 0 fully saturated rings. The zero-order valence-corrected chi connectivity index (χ0v) is 14.1. The molecule has 0 aliphatic rings. The Balaban J connectivity index is 4.77. The van der Waals surface area contributed by atoms with Crippen molar-refractivity contribution in [2.45, 2.75) is 37.8 Å². The number of amides is 2. The van der Waals surface area contributed by atoms with Crippen LogP contribution in [0.25, 0.3) is 0 Å². The minimum absolute atomic E-state index is 0.135. The van der Waals surface area contributed by atoms with Gasteiger partial charge in [-0.15, -0.1) is 0 Å². The summed E-state index contributed by atoms with van der Waals surface area (Å²) in [4.78, 5) is 34.8. The summed E-state index contributed by atoms with van der Waals surface area (Å²) in [7, 11) is -1.14. The van der Waals surface area contributed by atoms with E-state index in [4.69, 9.17) is 16.6 Å². The fraction of sp³-hybridized carbons (Fsp3) is 0.769. The minimum atomic E-state index is -1.15. The molecule has 0 aromatic heterocycles. The normalized spacial score (nSPS) is 14.6. The van der Waals surface area contributed by atoms with E-state index in [0.29, 0.717) is 19.4 Å². The molecule has 3 atom stereocenters. The van der Waals surface area contributed by atoms with Gasteiger partial charge in [0.25, 0.3) is 0 Å². The smallest absolute Gasteiger partial charge is 0.326 e. The van der Waals surface area contributed by atoms with Crippen molar-refractivity contribution in [1.82, 2.24) is 10.6 Å². The molecule has 0 saturated heterocycles. The Morgan fingerprint density at radius 1 is 1.09 bits per heavy atom. The maximum atomic E-state index is 12.2. The molecule has 23 heavy (non-hydrogen) atoms. The number of carbonyl (C=O) groups excluding carboxylic acids is 2. The first kappa shape index (κ1) is 21.5. The Kier molecular flexibility index (Phi) is 11.2. The molecule has 10 heteroatoms. The molecule has 0 aromatic rings. The Hall–Kier alpha value is -1.52.